The van der Waals surface area contributed by atoms with E-state index in [-0.39, 0.29) is 0 Å². The smallest absolute Gasteiger partial charge is 0.201 e. The van der Waals surface area contributed by atoms with Crippen molar-refractivity contribution in [3.05, 3.63) is 18.2 Å². The van der Waals surface area contributed by atoms with Gasteiger partial charge in [0, 0.05) is 12.6 Å². The second-order valence-electron chi connectivity index (χ2n) is 6.17. The molecule has 0 radical (unpaired) electrons. The number of nitrogens with zero attached hydrogens (tertiary/aromatic N) is 3. The van der Waals surface area contributed by atoms with Crippen LogP contribution in [-0.2, 0) is 6.54 Å². The molecule has 0 bridgehead atoms. The first-order valence-electron chi connectivity index (χ1n) is 7.02. The molecule has 0 amide bonds. The fourth-order valence-corrected chi connectivity index (χ4v) is 2.12. The van der Waals surface area contributed by atoms with Crippen LogP contribution < -0.4 is 10.5 Å². The molecule has 3 N–H and O–H groups in total. The molecule has 1 heterocycles. The van der Waals surface area contributed by atoms with Crippen LogP contribution in [0.1, 0.15) is 13.8 Å². The fraction of sp³-hybridized carbons (Fsp3) is 0.533. The van der Waals surface area contributed by atoms with Crippen LogP contribution in [0, 0.1) is 0 Å². The van der Waals surface area contributed by atoms with Gasteiger partial charge in [-0.25, -0.2) is 4.98 Å². The zero-order valence-electron chi connectivity index (χ0n) is 13.1. The normalized spacial score (nSPS) is 12.3. The average molecular weight is 292 g/mol. The fourth-order valence-electron chi connectivity index (χ4n) is 2.12. The van der Waals surface area contributed by atoms with Crippen LogP contribution >= 0.6 is 0 Å². The van der Waals surface area contributed by atoms with Crippen molar-refractivity contribution in [1.29, 1.82) is 0 Å². The third-order valence-corrected chi connectivity index (χ3v) is 3.10. The Balaban J connectivity index is 2.21. The summed E-state index contributed by atoms with van der Waals surface area (Å²) in [6, 6.07) is 5.71. The van der Waals surface area contributed by atoms with Crippen molar-refractivity contribution in [3.8, 4) is 5.75 Å². The number of nitrogens with two attached hydrogens (primary N) is 1. The van der Waals surface area contributed by atoms with Gasteiger partial charge in [-0.15, -0.1) is 0 Å². The third kappa shape index (κ3) is 4.09. The maximum Gasteiger partial charge on any atom is 0.201 e. The van der Waals surface area contributed by atoms with Crippen molar-refractivity contribution in [2.45, 2.75) is 26.0 Å². The Kier molecular flexibility index (Phi) is 4.39. The molecule has 116 valence electrons. The van der Waals surface area contributed by atoms with Crippen molar-refractivity contribution in [1.82, 2.24) is 14.5 Å². The molecule has 0 aliphatic rings. The van der Waals surface area contributed by atoms with Crippen LogP contribution in [0.5, 0.6) is 5.75 Å². The largest absolute Gasteiger partial charge is 0.492 e. The van der Waals surface area contributed by atoms with Gasteiger partial charge in [0.1, 0.15) is 12.4 Å². The lowest BCUT2D eigenvalue weighted by Crippen LogP contribution is -2.26. The predicted octanol–water partition coefficient (Wildman–Crippen LogP) is 1.33. The molecule has 1 aromatic heterocycles. The summed E-state index contributed by atoms with van der Waals surface area (Å²) in [4.78, 5) is 6.40. The summed E-state index contributed by atoms with van der Waals surface area (Å²) in [5.74, 6) is 1.18. The number of benzene rings is 1. The van der Waals surface area contributed by atoms with Crippen LogP contribution in [0.4, 0.5) is 5.95 Å². The molecule has 0 atom stereocenters. The number of likely N-dealkylation sites (N-methyl/N-ethyl adjacent to an activating group) is 1. The molecule has 0 spiro atoms. The molecule has 0 saturated heterocycles. The average Bonchev–Trinajstić information content (AvgIpc) is 2.63. The van der Waals surface area contributed by atoms with E-state index in [4.69, 9.17) is 10.5 Å². The van der Waals surface area contributed by atoms with Crippen LogP contribution in [0.3, 0.4) is 0 Å². The second kappa shape index (κ2) is 5.91. The zero-order chi connectivity index (χ0) is 15.6. The van der Waals surface area contributed by atoms with Gasteiger partial charge < -0.3 is 25.0 Å². The van der Waals surface area contributed by atoms with E-state index in [9.17, 15) is 5.11 Å². The Hall–Kier alpha value is -1.79. The summed E-state index contributed by atoms with van der Waals surface area (Å²) < 4.78 is 7.51. The van der Waals surface area contributed by atoms with E-state index in [0.29, 0.717) is 19.1 Å². The molecule has 6 nitrogen and oxygen atoms in total. The number of anilines is 1. The van der Waals surface area contributed by atoms with E-state index in [1.165, 1.54) is 0 Å². The summed E-state index contributed by atoms with van der Waals surface area (Å²) >= 11 is 0. The Morgan fingerprint density at radius 2 is 2.10 bits per heavy atom. The summed E-state index contributed by atoms with van der Waals surface area (Å²) in [6.07, 6.45) is 0. The van der Waals surface area contributed by atoms with E-state index in [1.807, 2.05) is 36.9 Å². The van der Waals surface area contributed by atoms with Gasteiger partial charge in [-0.1, -0.05) is 0 Å². The van der Waals surface area contributed by atoms with Gasteiger partial charge in [0.05, 0.1) is 23.2 Å². The van der Waals surface area contributed by atoms with E-state index >= 15 is 0 Å². The number of hydrogen-bond acceptors (Lipinski definition) is 5. The SMILES string of the molecule is CN(C)CCOc1ccc2c(c1)nc(N)n2CC(C)(C)O. The van der Waals surface area contributed by atoms with E-state index in [1.54, 1.807) is 13.8 Å². The first-order valence-corrected chi connectivity index (χ1v) is 7.02. The monoisotopic (exact) mass is 292 g/mol. The number of hydrogen-bond donors (Lipinski definition) is 2. The van der Waals surface area contributed by atoms with E-state index < -0.39 is 5.60 Å². The molecule has 2 aromatic rings. The summed E-state index contributed by atoms with van der Waals surface area (Å²) in [7, 11) is 4.01. The highest BCUT2D eigenvalue weighted by atomic mass is 16.5. The number of rotatable bonds is 6. The Morgan fingerprint density at radius 1 is 1.38 bits per heavy atom. The maximum atomic E-state index is 9.96. The van der Waals surface area contributed by atoms with Crippen molar-refractivity contribution >= 4 is 17.0 Å². The van der Waals surface area contributed by atoms with Gasteiger partial charge in [-0.2, -0.15) is 0 Å². The molecule has 0 fully saturated rings. The molecular weight excluding hydrogens is 268 g/mol. The quantitative estimate of drug-likeness (QED) is 0.840. The van der Waals surface area contributed by atoms with Crippen molar-refractivity contribution in [3.63, 3.8) is 0 Å². The highest BCUT2D eigenvalue weighted by molar-refractivity contribution is 5.79. The molecule has 1 aromatic carbocycles. The topological polar surface area (TPSA) is 76.5 Å². The highest BCUT2D eigenvalue weighted by Crippen LogP contribution is 2.24. The van der Waals surface area contributed by atoms with Crippen LogP contribution in [0.15, 0.2) is 18.2 Å². The standard InChI is InChI=1S/C15H24N4O2/c1-15(2,20)10-19-13-6-5-11(21-8-7-18(3)4)9-12(13)17-14(19)16/h5-6,9,20H,7-8,10H2,1-4H3,(H2,16,17). The van der Waals surface area contributed by atoms with Gasteiger partial charge in [0.25, 0.3) is 0 Å². The summed E-state index contributed by atoms with van der Waals surface area (Å²) in [6.45, 7) is 5.37. The molecule has 0 aliphatic heterocycles. The lowest BCUT2D eigenvalue weighted by Gasteiger charge is -2.19. The van der Waals surface area contributed by atoms with Crippen molar-refractivity contribution in [2.75, 3.05) is 33.0 Å². The van der Waals surface area contributed by atoms with Gasteiger partial charge in [-0.05, 0) is 40.1 Å². The summed E-state index contributed by atoms with van der Waals surface area (Å²) in [5, 5.41) is 9.96. The molecule has 21 heavy (non-hydrogen) atoms. The Morgan fingerprint density at radius 3 is 2.71 bits per heavy atom. The minimum atomic E-state index is -0.845. The molecule has 0 unspecified atom stereocenters. The predicted molar refractivity (Wildman–Crippen MR) is 84.5 cm³/mol. The van der Waals surface area contributed by atoms with Gasteiger partial charge >= 0.3 is 0 Å². The number of ether oxygens (including phenoxy) is 1. The van der Waals surface area contributed by atoms with E-state index in [0.717, 1.165) is 23.3 Å². The van der Waals surface area contributed by atoms with Gasteiger partial charge in [-0.3, -0.25) is 0 Å². The minimum absolute atomic E-state index is 0.399. The van der Waals surface area contributed by atoms with Crippen molar-refractivity contribution < 1.29 is 9.84 Å². The summed E-state index contributed by atoms with van der Waals surface area (Å²) in [5.41, 5.74) is 6.77. The number of aliphatic hydroxyl groups is 1. The first-order chi connectivity index (χ1) is 9.76. The Labute approximate surface area is 125 Å². The van der Waals surface area contributed by atoms with Crippen LogP contribution in [-0.4, -0.2) is 52.4 Å². The van der Waals surface area contributed by atoms with Crippen LogP contribution in [0.2, 0.25) is 0 Å². The number of fused-ring (bicyclic) bond motifs is 1. The van der Waals surface area contributed by atoms with Crippen LogP contribution in [0.25, 0.3) is 11.0 Å². The lowest BCUT2D eigenvalue weighted by molar-refractivity contribution is 0.0633. The van der Waals surface area contributed by atoms with Gasteiger partial charge in [0.15, 0.2) is 0 Å². The molecule has 6 heteroatoms. The highest BCUT2D eigenvalue weighted by Gasteiger charge is 2.18. The first kappa shape index (κ1) is 15.6. The number of nitrogen functional groups attached to an aromatic ring is 1. The molecule has 2 rings (SSSR count). The molecule has 0 aliphatic carbocycles. The molecular formula is C15H24N4O2. The third-order valence-electron chi connectivity index (χ3n) is 3.10. The zero-order valence-corrected chi connectivity index (χ0v) is 13.1. The van der Waals surface area contributed by atoms with E-state index in [2.05, 4.69) is 9.88 Å². The molecule has 0 saturated carbocycles. The van der Waals surface area contributed by atoms with Gasteiger partial charge in [0.2, 0.25) is 5.95 Å². The minimum Gasteiger partial charge on any atom is -0.492 e. The Bertz CT molecular complexity index is 614. The number of aromatic nitrogens is 2. The maximum absolute atomic E-state index is 9.96. The lowest BCUT2D eigenvalue weighted by atomic mass is 10.1. The van der Waals surface area contributed by atoms with Crippen molar-refractivity contribution in [2.24, 2.45) is 0 Å². The number of imidazole rings is 1. The second-order valence-corrected chi connectivity index (χ2v) is 6.17.